The lowest BCUT2D eigenvalue weighted by Gasteiger charge is -2.46. The van der Waals surface area contributed by atoms with Crippen LogP contribution in [0.2, 0.25) is 0 Å². The van der Waals surface area contributed by atoms with Gasteiger partial charge in [-0.1, -0.05) is 0 Å². The Morgan fingerprint density at radius 2 is 1.64 bits per heavy atom. The number of aliphatic hydroxyl groups is 1. The highest BCUT2D eigenvalue weighted by Crippen LogP contribution is 2.38. The predicted octanol–water partition coefficient (Wildman–Crippen LogP) is -0.783. The number of sulfone groups is 2. The van der Waals surface area contributed by atoms with Crippen molar-refractivity contribution >= 4 is 31.6 Å². The third-order valence-electron chi connectivity index (χ3n) is 4.80. The first-order valence-corrected chi connectivity index (χ1v) is 11.7. The molecular weight excluding hydrogens is 417 g/mol. The molecule has 2 rings (SSSR count). The second-order valence-corrected chi connectivity index (χ2v) is 11.4. The summed E-state index contributed by atoms with van der Waals surface area (Å²) in [5.41, 5.74) is -0.0442. The first kappa shape index (κ1) is 22.2. The third-order valence-corrected chi connectivity index (χ3v) is 9.87. The summed E-state index contributed by atoms with van der Waals surface area (Å²) < 4.78 is 64.8. The number of hydrogen-bond acceptors (Lipinski definition) is 8. The lowest BCUT2D eigenvalue weighted by molar-refractivity contribution is -0.152. The van der Waals surface area contributed by atoms with Crippen molar-refractivity contribution in [1.29, 1.82) is 0 Å². The normalized spacial score (nSPS) is 22.5. The number of ether oxygens (including phenoxy) is 1. The molecular formula is C16H20FNO8S2. The summed E-state index contributed by atoms with van der Waals surface area (Å²) in [7, 11) is -8.06. The van der Waals surface area contributed by atoms with Crippen LogP contribution in [0.5, 0.6) is 0 Å². The highest BCUT2D eigenvalue weighted by molar-refractivity contribution is 8.09. The zero-order chi connectivity index (χ0) is 21.5. The fraction of sp³-hybridized carbons (Fsp3) is 0.500. The Kier molecular flexibility index (Phi) is 5.89. The highest BCUT2D eigenvalue weighted by Gasteiger charge is 2.63. The summed E-state index contributed by atoms with van der Waals surface area (Å²) in [5, 5.41) is 10.6. The third kappa shape index (κ3) is 3.63. The number of rotatable bonds is 4. The Bertz CT molecular complexity index is 956. The van der Waals surface area contributed by atoms with Crippen LogP contribution in [0.4, 0.5) is 4.39 Å². The van der Waals surface area contributed by atoms with E-state index in [4.69, 9.17) is 0 Å². The molecule has 0 bridgehead atoms. The predicted molar refractivity (Wildman–Crippen MR) is 96.2 cm³/mol. The van der Waals surface area contributed by atoms with E-state index in [2.05, 4.69) is 4.74 Å². The molecule has 1 fully saturated rings. The van der Waals surface area contributed by atoms with Gasteiger partial charge in [-0.15, -0.1) is 0 Å². The average Bonchev–Trinajstić information content (AvgIpc) is 2.59. The van der Waals surface area contributed by atoms with E-state index < -0.39 is 66.6 Å². The summed E-state index contributed by atoms with van der Waals surface area (Å²) in [6.45, 7) is -1.37. The molecule has 28 heavy (non-hydrogen) atoms. The molecule has 12 heteroatoms. The van der Waals surface area contributed by atoms with Crippen molar-refractivity contribution < 1.29 is 40.7 Å². The number of nitrogens with zero attached hydrogens (tertiary/aromatic N) is 1. The molecule has 2 atom stereocenters. The van der Waals surface area contributed by atoms with Crippen LogP contribution in [0.3, 0.4) is 0 Å². The molecule has 1 aliphatic heterocycles. The van der Waals surface area contributed by atoms with Crippen LogP contribution >= 0.6 is 0 Å². The molecule has 0 saturated carbocycles. The van der Waals surface area contributed by atoms with E-state index in [1.165, 1.54) is 0 Å². The van der Waals surface area contributed by atoms with Gasteiger partial charge in [-0.2, -0.15) is 0 Å². The van der Waals surface area contributed by atoms with Crippen LogP contribution in [-0.4, -0.2) is 81.6 Å². The van der Waals surface area contributed by atoms with Crippen LogP contribution in [0.25, 0.3) is 0 Å². The summed E-state index contributed by atoms with van der Waals surface area (Å²) >= 11 is 0. The number of halogens is 1. The zero-order valence-electron chi connectivity index (χ0n) is 15.3. The van der Waals surface area contributed by atoms with Gasteiger partial charge >= 0.3 is 5.97 Å². The van der Waals surface area contributed by atoms with Gasteiger partial charge in [-0.25, -0.2) is 21.2 Å². The molecule has 0 spiro atoms. The molecule has 0 aromatic heterocycles. The van der Waals surface area contributed by atoms with Crippen molar-refractivity contribution in [3.8, 4) is 0 Å². The Morgan fingerprint density at radius 1 is 1.14 bits per heavy atom. The van der Waals surface area contributed by atoms with E-state index in [1.54, 1.807) is 0 Å². The van der Waals surface area contributed by atoms with Crippen LogP contribution < -0.4 is 0 Å². The fourth-order valence-electron chi connectivity index (χ4n) is 3.30. The second-order valence-electron chi connectivity index (χ2n) is 6.62. The van der Waals surface area contributed by atoms with Gasteiger partial charge in [0.05, 0.1) is 13.7 Å². The lowest BCUT2D eigenvalue weighted by atomic mass is 9.93. The maximum Gasteiger partial charge on any atom is 0.313 e. The second kappa shape index (κ2) is 7.41. The summed E-state index contributed by atoms with van der Waals surface area (Å²) in [4.78, 5) is 25.7. The van der Waals surface area contributed by atoms with Crippen LogP contribution in [0.15, 0.2) is 24.3 Å². The van der Waals surface area contributed by atoms with Crippen molar-refractivity contribution in [3.05, 3.63) is 35.6 Å². The molecule has 1 saturated heterocycles. The number of piperidine rings is 1. The van der Waals surface area contributed by atoms with Crippen LogP contribution in [0.1, 0.15) is 10.4 Å². The number of aliphatic hydroxyl groups excluding tert-OH is 1. The highest BCUT2D eigenvalue weighted by atomic mass is 32.3. The van der Waals surface area contributed by atoms with Gasteiger partial charge in [0, 0.05) is 24.6 Å². The summed E-state index contributed by atoms with van der Waals surface area (Å²) in [6.07, 6.45) is -0.934. The summed E-state index contributed by atoms with van der Waals surface area (Å²) in [6, 6.07) is 4.28. The minimum atomic E-state index is -4.52. The first-order chi connectivity index (χ1) is 12.8. The largest absolute Gasteiger partial charge is 0.469 e. The number of carbonyl (C=O) groups is 2. The van der Waals surface area contributed by atoms with Gasteiger partial charge in [0.1, 0.15) is 17.8 Å². The Balaban J connectivity index is 2.65. The zero-order valence-corrected chi connectivity index (χ0v) is 17.0. The average molecular weight is 437 g/mol. The van der Waals surface area contributed by atoms with E-state index in [1.807, 2.05) is 0 Å². The number of hydrogen-bond donors (Lipinski definition) is 1. The Hall–Kier alpha value is -2.05. The van der Waals surface area contributed by atoms with Crippen molar-refractivity contribution in [2.75, 3.05) is 32.7 Å². The van der Waals surface area contributed by atoms with Crippen LogP contribution in [-0.2, 0) is 29.2 Å². The number of methoxy groups -OCH3 is 1. The minimum absolute atomic E-state index is 0.0442. The molecule has 2 unspecified atom stereocenters. The molecule has 1 aromatic rings. The molecule has 0 radical (unpaired) electrons. The van der Waals surface area contributed by atoms with Gasteiger partial charge in [-0.05, 0) is 24.3 Å². The number of carbonyl (C=O) groups excluding carboxylic acids is 2. The molecule has 1 amide bonds. The van der Waals surface area contributed by atoms with Gasteiger partial charge in [0.2, 0.25) is 4.08 Å². The standard InChI is InChI=1S/C16H20FNO8S2/c1-26-15(21)12-8-18(14(20)10-4-6-11(17)7-5-10)9-16(13(12)19,27(2,22)23)28(3,24)25/h4-7,12-13,19H,8-9H2,1-3H3. The van der Waals surface area contributed by atoms with Gasteiger partial charge in [0.15, 0.2) is 19.7 Å². The first-order valence-electron chi connectivity index (χ1n) is 7.96. The number of esters is 1. The number of benzene rings is 1. The van der Waals surface area contributed by atoms with Crippen LogP contribution in [0, 0.1) is 11.7 Å². The van der Waals surface area contributed by atoms with Crippen molar-refractivity contribution in [3.63, 3.8) is 0 Å². The molecule has 1 aromatic carbocycles. The molecule has 0 aliphatic carbocycles. The molecule has 1 N–H and O–H groups in total. The van der Waals surface area contributed by atoms with Crippen molar-refractivity contribution in [2.24, 2.45) is 5.92 Å². The maximum absolute atomic E-state index is 13.1. The molecule has 9 nitrogen and oxygen atoms in total. The molecule has 1 heterocycles. The minimum Gasteiger partial charge on any atom is -0.469 e. The Morgan fingerprint density at radius 3 is 2.07 bits per heavy atom. The lowest BCUT2D eigenvalue weighted by Crippen LogP contribution is -2.69. The van der Waals surface area contributed by atoms with E-state index in [0.29, 0.717) is 12.5 Å². The van der Waals surface area contributed by atoms with E-state index >= 15 is 0 Å². The van der Waals surface area contributed by atoms with E-state index in [0.717, 1.165) is 36.3 Å². The monoisotopic (exact) mass is 437 g/mol. The smallest absolute Gasteiger partial charge is 0.313 e. The maximum atomic E-state index is 13.1. The van der Waals surface area contributed by atoms with Crippen molar-refractivity contribution in [2.45, 2.75) is 10.2 Å². The Labute approximate surface area is 161 Å². The summed E-state index contributed by atoms with van der Waals surface area (Å²) in [5.74, 6) is -4.12. The topological polar surface area (TPSA) is 135 Å². The molecule has 1 aliphatic rings. The van der Waals surface area contributed by atoms with E-state index in [-0.39, 0.29) is 5.56 Å². The molecule has 156 valence electrons. The quantitative estimate of drug-likeness (QED) is 0.606. The fourth-order valence-corrected chi connectivity index (χ4v) is 7.49. The number of amides is 1. The number of likely N-dealkylation sites (tertiary alicyclic amines) is 1. The van der Waals surface area contributed by atoms with E-state index in [9.17, 15) is 35.9 Å². The SMILES string of the molecule is COC(=O)C1CN(C(=O)c2ccc(F)cc2)CC(S(C)(=O)=O)(S(C)(=O)=O)C1O. The van der Waals surface area contributed by atoms with Crippen molar-refractivity contribution in [1.82, 2.24) is 4.90 Å². The van der Waals surface area contributed by atoms with Gasteiger partial charge in [0.25, 0.3) is 5.91 Å². The van der Waals surface area contributed by atoms with Gasteiger partial charge in [-0.3, -0.25) is 9.59 Å². The van der Waals surface area contributed by atoms with Gasteiger partial charge < -0.3 is 14.7 Å².